The molecule has 0 saturated carbocycles. The molecule has 116 valence electrons. The molecule has 0 radical (unpaired) electrons. The van der Waals surface area contributed by atoms with Crippen LogP contribution >= 0.6 is 0 Å². The average molecular weight is 287 g/mol. The number of ether oxygens (including phenoxy) is 3. The number of rotatable bonds is 2. The van der Waals surface area contributed by atoms with Gasteiger partial charge in [0.15, 0.2) is 0 Å². The Kier molecular flexibility index (Phi) is 8.63. The van der Waals surface area contributed by atoms with Gasteiger partial charge in [0.05, 0.1) is 20.3 Å². The molecule has 0 aliphatic carbocycles. The number of hydrogen-bond acceptors (Lipinski definition) is 5. The molecule has 0 spiro atoms. The molecule has 0 fully saturated rings. The molecule has 0 atom stereocenters. The van der Waals surface area contributed by atoms with Crippen molar-refractivity contribution in [3.05, 3.63) is 11.6 Å². The van der Waals surface area contributed by atoms with Gasteiger partial charge >= 0.3 is 12.1 Å². The Bertz CT molecular complexity index is 344. The van der Waals surface area contributed by atoms with Gasteiger partial charge in [0.25, 0.3) is 0 Å². The molecule has 0 aromatic heterocycles. The number of carbonyl (C=O) groups excluding carboxylic acids is 2. The highest BCUT2D eigenvalue weighted by Crippen LogP contribution is 2.06. The molecule has 0 aromatic carbocycles. The van der Waals surface area contributed by atoms with Crippen LogP contribution in [0.15, 0.2) is 11.6 Å². The third-order valence-corrected chi connectivity index (χ3v) is 2.19. The van der Waals surface area contributed by atoms with Crippen LogP contribution in [0.3, 0.4) is 0 Å². The Morgan fingerprint density at radius 1 is 1.40 bits per heavy atom. The fraction of sp³-hybridized carbons (Fsp3) is 0.714. The predicted octanol–water partition coefficient (Wildman–Crippen LogP) is 2.04. The standard InChI is InChI=1S/C8H15NO4.C6H10O/c1-8(2,3)13-7(11)9-5-6(10)12-4;1-6-2-4-7-5-3-6/h5H2,1-4H3,(H,9,11);2H,3-5H2,1H3. The van der Waals surface area contributed by atoms with E-state index in [-0.39, 0.29) is 6.54 Å². The number of esters is 1. The summed E-state index contributed by atoms with van der Waals surface area (Å²) < 4.78 is 14.3. The highest BCUT2D eigenvalue weighted by Gasteiger charge is 2.16. The lowest BCUT2D eigenvalue weighted by atomic mass is 10.2. The summed E-state index contributed by atoms with van der Waals surface area (Å²) in [7, 11) is 1.25. The van der Waals surface area contributed by atoms with Gasteiger partial charge in [-0.2, -0.15) is 0 Å². The summed E-state index contributed by atoms with van der Waals surface area (Å²) in [6.07, 6.45) is 2.63. The lowest BCUT2D eigenvalue weighted by Crippen LogP contribution is -2.35. The number of carbonyl (C=O) groups is 2. The number of hydrogen-bond donors (Lipinski definition) is 1. The fourth-order valence-corrected chi connectivity index (χ4v) is 1.15. The second kappa shape index (κ2) is 9.36. The largest absolute Gasteiger partial charge is 0.468 e. The van der Waals surface area contributed by atoms with Crippen molar-refractivity contribution in [2.24, 2.45) is 0 Å². The summed E-state index contributed by atoms with van der Waals surface area (Å²) in [6.45, 7) is 8.93. The van der Waals surface area contributed by atoms with E-state index in [4.69, 9.17) is 9.47 Å². The first-order valence-electron chi connectivity index (χ1n) is 6.51. The van der Waals surface area contributed by atoms with E-state index in [9.17, 15) is 9.59 Å². The van der Waals surface area contributed by atoms with Gasteiger partial charge in [-0.3, -0.25) is 4.79 Å². The van der Waals surface area contributed by atoms with Gasteiger partial charge in [-0.1, -0.05) is 11.6 Å². The SMILES string of the molecule is CC1=CCOCC1.COC(=O)CNC(=O)OC(C)(C)C. The second-order valence-electron chi connectivity index (χ2n) is 5.31. The summed E-state index contributed by atoms with van der Waals surface area (Å²) in [6, 6.07) is 0. The lowest BCUT2D eigenvalue weighted by molar-refractivity contribution is -0.139. The van der Waals surface area contributed by atoms with Gasteiger partial charge in [0.2, 0.25) is 0 Å². The molecule has 1 N–H and O–H groups in total. The molecule has 20 heavy (non-hydrogen) atoms. The molecule has 6 heteroatoms. The van der Waals surface area contributed by atoms with E-state index in [0.29, 0.717) is 0 Å². The number of amides is 1. The predicted molar refractivity (Wildman–Crippen MR) is 75.4 cm³/mol. The molecular formula is C14H25NO5. The van der Waals surface area contributed by atoms with Crippen molar-refractivity contribution >= 4 is 12.1 Å². The third kappa shape index (κ3) is 11.5. The van der Waals surface area contributed by atoms with Crippen LogP contribution in [0.4, 0.5) is 4.79 Å². The smallest absolute Gasteiger partial charge is 0.408 e. The number of alkyl carbamates (subject to hydrolysis) is 1. The van der Waals surface area contributed by atoms with E-state index in [1.165, 1.54) is 12.7 Å². The first kappa shape index (κ1) is 18.4. The molecule has 0 bridgehead atoms. The molecule has 0 unspecified atom stereocenters. The van der Waals surface area contributed by atoms with Gasteiger partial charge < -0.3 is 19.5 Å². The maximum atomic E-state index is 10.9. The molecule has 1 rings (SSSR count). The van der Waals surface area contributed by atoms with Gasteiger partial charge in [-0.15, -0.1) is 0 Å². The average Bonchev–Trinajstić information content (AvgIpc) is 2.35. The van der Waals surface area contributed by atoms with Crippen molar-refractivity contribution < 1.29 is 23.8 Å². The minimum Gasteiger partial charge on any atom is -0.468 e. The molecule has 0 saturated heterocycles. The first-order chi connectivity index (χ1) is 9.24. The van der Waals surface area contributed by atoms with Crippen molar-refractivity contribution in [3.63, 3.8) is 0 Å². The second-order valence-corrected chi connectivity index (χ2v) is 5.31. The van der Waals surface area contributed by atoms with E-state index < -0.39 is 17.7 Å². The van der Waals surface area contributed by atoms with Crippen LogP contribution in [0.2, 0.25) is 0 Å². The van der Waals surface area contributed by atoms with Crippen molar-refractivity contribution in [2.75, 3.05) is 26.9 Å². The van der Waals surface area contributed by atoms with E-state index >= 15 is 0 Å². The Morgan fingerprint density at radius 3 is 2.40 bits per heavy atom. The summed E-state index contributed by atoms with van der Waals surface area (Å²) in [5.74, 6) is -0.508. The van der Waals surface area contributed by atoms with Crippen LogP contribution in [-0.4, -0.2) is 44.5 Å². The zero-order valence-electron chi connectivity index (χ0n) is 12.9. The zero-order valence-corrected chi connectivity index (χ0v) is 12.9. The monoisotopic (exact) mass is 287 g/mol. The number of nitrogens with one attached hydrogen (secondary N) is 1. The molecular weight excluding hydrogens is 262 g/mol. The van der Waals surface area contributed by atoms with Crippen LogP contribution in [0.1, 0.15) is 34.1 Å². The van der Waals surface area contributed by atoms with Crippen LogP contribution in [-0.2, 0) is 19.0 Å². The first-order valence-corrected chi connectivity index (χ1v) is 6.51. The molecule has 1 heterocycles. The Balaban J connectivity index is 0.000000428. The van der Waals surface area contributed by atoms with Crippen molar-refractivity contribution in [1.29, 1.82) is 0 Å². The molecule has 0 aromatic rings. The van der Waals surface area contributed by atoms with E-state index in [1.807, 2.05) is 0 Å². The van der Waals surface area contributed by atoms with Crippen LogP contribution in [0.5, 0.6) is 0 Å². The molecule has 6 nitrogen and oxygen atoms in total. The quantitative estimate of drug-likeness (QED) is 0.621. The van der Waals surface area contributed by atoms with E-state index in [1.54, 1.807) is 20.8 Å². The summed E-state index contributed by atoms with van der Waals surface area (Å²) in [4.78, 5) is 21.5. The van der Waals surface area contributed by atoms with E-state index in [0.717, 1.165) is 19.6 Å². The molecule has 1 aliphatic rings. The highest BCUT2D eigenvalue weighted by atomic mass is 16.6. The van der Waals surface area contributed by atoms with Gasteiger partial charge in [0.1, 0.15) is 12.1 Å². The maximum absolute atomic E-state index is 10.9. The fourth-order valence-electron chi connectivity index (χ4n) is 1.15. The van der Waals surface area contributed by atoms with Gasteiger partial charge in [-0.05, 0) is 34.1 Å². The highest BCUT2D eigenvalue weighted by molar-refractivity contribution is 5.77. The topological polar surface area (TPSA) is 73.9 Å². The minimum absolute atomic E-state index is 0.175. The van der Waals surface area contributed by atoms with Crippen LogP contribution in [0.25, 0.3) is 0 Å². The Labute approximate surface area is 120 Å². The zero-order chi connectivity index (χ0) is 15.6. The molecule has 1 amide bonds. The lowest BCUT2D eigenvalue weighted by Gasteiger charge is -2.19. The van der Waals surface area contributed by atoms with Crippen LogP contribution in [0, 0.1) is 0 Å². The van der Waals surface area contributed by atoms with Crippen molar-refractivity contribution in [1.82, 2.24) is 5.32 Å². The summed E-state index contributed by atoms with van der Waals surface area (Å²) in [5.41, 5.74) is 0.909. The van der Waals surface area contributed by atoms with E-state index in [2.05, 4.69) is 23.1 Å². The van der Waals surface area contributed by atoms with Crippen molar-refractivity contribution in [3.8, 4) is 0 Å². The maximum Gasteiger partial charge on any atom is 0.408 e. The van der Waals surface area contributed by atoms with Gasteiger partial charge in [0, 0.05) is 0 Å². The minimum atomic E-state index is -0.627. The Morgan fingerprint density at radius 2 is 2.05 bits per heavy atom. The Hall–Kier alpha value is -1.56. The summed E-state index contributed by atoms with van der Waals surface area (Å²) in [5, 5.41) is 2.25. The third-order valence-electron chi connectivity index (χ3n) is 2.19. The summed E-state index contributed by atoms with van der Waals surface area (Å²) >= 11 is 0. The van der Waals surface area contributed by atoms with Crippen LogP contribution < -0.4 is 5.32 Å². The molecule has 1 aliphatic heterocycles. The van der Waals surface area contributed by atoms with Gasteiger partial charge in [-0.25, -0.2) is 4.79 Å². The van der Waals surface area contributed by atoms with Crippen molar-refractivity contribution in [2.45, 2.75) is 39.7 Å². The number of methoxy groups -OCH3 is 1. The normalized spacial score (nSPS) is 14.3.